The van der Waals surface area contributed by atoms with Gasteiger partial charge in [0.1, 0.15) is 0 Å². The van der Waals surface area contributed by atoms with E-state index >= 15 is 0 Å². The fraction of sp³-hybridized carbons (Fsp3) is 0.562. The van der Waals surface area contributed by atoms with Gasteiger partial charge >= 0.3 is 0 Å². The molecule has 1 aromatic heterocycles. The third-order valence-corrected chi connectivity index (χ3v) is 5.04. The molecule has 1 aromatic rings. The van der Waals surface area contributed by atoms with Gasteiger partial charge in [0.15, 0.2) is 0 Å². The fourth-order valence-corrected chi connectivity index (χ4v) is 3.90. The van der Waals surface area contributed by atoms with Crippen LogP contribution in [0.25, 0.3) is 0 Å². The molecule has 3 fully saturated rings. The van der Waals surface area contributed by atoms with Crippen LogP contribution in [0.2, 0.25) is 0 Å². The van der Waals surface area contributed by atoms with E-state index in [0.29, 0.717) is 24.9 Å². The summed E-state index contributed by atoms with van der Waals surface area (Å²) in [6.45, 7) is 4.08. The number of aryl methyl sites for hydroxylation is 1. The molecule has 1 unspecified atom stereocenters. The summed E-state index contributed by atoms with van der Waals surface area (Å²) in [5.74, 6) is -0.711. The first-order valence-electron chi connectivity index (χ1n) is 7.93. The second-order valence-corrected chi connectivity index (χ2v) is 6.49. The summed E-state index contributed by atoms with van der Waals surface area (Å²) in [5, 5.41) is 5.90. The smallest absolute Gasteiger partial charge is 0.235 e. The Labute approximate surface area is 129 Å². The van der Waals surface area contributed by atoms with Crippen LogP contribution in [0.5, 0.6) is 0 Å². The number of piperazine rings is 1. The van der Waals surface area contributed by atoms with Crippen molar-refractivity contribution in [3.05, 3.63) is 23.5 Å². The van der Waals surface area contributed by atoms with Crippen molar-refractivity contribution in [2.45, 2.75) is 44.2 Å². The van der Waals surface area contributed by atoms with Crippen LogP contribution < -0.4 is 15.5 Å². The maximum absolute atomic E-state index is 12.0. The van der Waals surface area contributed by atoms with Gasteiger partial charge in [-0.25, -0.2) is 0 Å². The second kappa shape index (κ2) is 5.05. The number of imide groups is 1. The van der Waals surface area contributed by atoms with Crippen molar-refractivity contribution in [3.63, 3.8) is 0 Å². The van der Waals surface area contributed by atoms with E-state index in [-0.39, 0.29) is 17.7 Å². The van der Waals surface area contributed by atoms with Crippen LogP contribution >= 0.6 is 0 Å². The van der Waals surface area contributed by atoms with Gasteiger partial charge in [-0.3, -0.25) is 19.9 Å². The molecule has 22 heavy (non-hydrogen) atoms. The topological polar surface area (TPSA) is 74.3 Å². The second-order valence-electron chi connectivity index (χ2n) is 6.49. The molecule has 3 aliphatic rings. The molecule has 2 bridgehead atoms. The fourth-order valence-electron chi connectivity index (χ4n) is 3.90. The molecule has 0 aromatic carbocycles. The number of nitrogens with one attached hydrogen (secondary N) is 2. The zero-order valence-corrected chi connectivity index (χ0v) is 12.6. The number of piperidine rings is 1. The molecule has 0 aliphatic carbocycles. The molecule has 3 aliphatic heterocycles. The van der Waals surface area contributed by atoms with Gasteiger partial charge in [-0.15, -0.1) is 0 Å². The lowest BCUT2D eigenvalue weighted by Gasteiger charge is -2.31. The minimum atomic E-state index is -0.304. The minimum absolute atomic E-state index is 0.185. The van der Waals surface area contributed by atoms with Crippen LogP contribution in [0, 0.1) is 6.92 Å². The Morgan fingerprint density at radius 1 is 1.32 bits per heavy atom. The van der Waals surface area contributed by atoms with Crippen LogP contribution in [0.15, 0.2) is 12.1 Å². The number of carbonyl (C=O) groups is 2. The normalized spacial score (nSPS) is 30.8. The highest BCUT2D eigenvalue weighted by atomic mass is 16.2. The third kappa shape index (κ3) is 2.18. The first kappa shape index (κ1) is 13.7. The van der Waals surface area contributed by atoms with Gasteiger partial charge in [-0.1, -0.05) is 0 Å². The number of fused-ring (bicyclic) bond motifs is 2. The van der Waals surface area contributed by atoms with E-state index in [9.17, 15) is 9.59 Å². The molecule has 2 amide bonds. The highest BCUT2D eigenvalue weighted by molar-refractivity contribution is 6.00. The van der Waals surface area contributed by atoms with Crippen molar-refractivity contribution >= 4 is 17.5 Å². The summed E-state index contributed by atoms with van der Waals surface area (Å²) < 4.78 is 0. The Hall–Kier alpha value is -1.95. The van der Waals surface area contributed by atoms with Gasteiger partial charge in [0.2, 0.25) is 11.8 Å². The van der Waals surface area contributed by atoms with Gasteiger partial charge in [0.25, 0.3) is 0 Å². The molecule has 3 atom stereocenters. The number of anilines is 1. The lowest BCUT2D eigenvalue weighted by atomic mass is 9.94. The molecule has 4 heterocycles. The van der Waals surface area contributed by atoms with Gasteiger partial charge < -0.3 is 10.2 Å². The van der Waals surface area contributed by atoms with Crippen LogP contribution in [-0.2, 0) is 9.59 Å². The SMILES string of the molecule is Cc1nc(C2CCC(=O)NC2=O)ccc1N1C[C@@H]2C[C@H]1CN2. The summed E-state index contributed by atoms with van der Waals surface area (Å²) in [5.41, 5.74) is 2.91. The van der Waals surface area contributed by atoms with Crippen LogP contribution in [0.4, 0.5) is 5.69 Å². The molecule has 6 heteroatoms. The Balaban J connectivity index is 1.58. The van der Waals surface area contributed by atoms with E-state index in [1.165, 1.54) is 12.1 Å². The monoisotopic (exact) mass is 300 g/mol. The van der Waals surface area contributed by atoms with Crippen molar-refractivity contribution in [1.82, 2.24) is 15.6 Å². The number of hydrogen-bond acceptors (Lipinski definition) is 5. The number of carbonyl (C=O) groups excluding carboxylic acids is 2. The van der Waals surface area contributed by atoms with Crippen molar-refractivity contribution in [3.8, 4) is 0 Å². The van der Waals surface area contributed by atoms with E-state index in [1.807, 2.05) is 13.0 Å². The Kier molecular flexibility index (Phi) is 3.14. The average molecular weight is 300 g/mol. The Morgan fingerprint density at radius 3 is 2.82 bits per heavy atom. The van der Waals surface area contributed by atoms with Crippen LogP contribution in [0.3, 0.4) is 0 Å². The Morgan fingerprint density at radius 2 is 2.18 bits per heavy atom. The summed E-state index contributed by atoms with van der Waals surface area (Å²) >= 11 is 0. The number of pyridine rings is 1. The number of nitrogens with zero attached hydrogens (tertiary/aromatic N) is 2. The van der Waals surface area contributed by atoms with Crippen molar-refractivity contribution in [2.24, 2.45) is 0 Å². The zero-order chi connectivity index (χ0) is 15.3. The van der Waals surface area contributed by atoms with Crippen molar-refractivity contribution < 1.29 is 9.59 Å². The molecule has 116 valence electrons. The summed E-state index contributed by atoms with van der Waals surface area (Å²) in [7, 11) is 0. The van der Waals surface area contributed by atoms with Crippen molar-refractivity contribution in [2.75, 3.05) is 18.0 Å². The highest BCUT2D eigenvalue weighted by Crippen LogP contribution is 2.32. The molecule has 0 saturated carbocycles. The standard InChI is InChI=1S/C16H20N4O2/c1-9-14(20-8-10-6-11(20)7-17-10)4-3-13(18-9)12-2-5-15(21)19-16(12)22/h3-4,10-12,17H,2,5-8H2,1H3,(H,19,21,22)/t10-,11-,12?/m0/s1. The largest absolute Gasteiger partial charge is 0.364 e. The summed E-state index contributed by atoms with van der Waals surface area (Å²) in [4.78, 5) is 30.3. The zero-order valence-electron chi connectivity index (χ0n) is 12.6. The number of amides is 2. The minimum Gasteiger partial charge on any atom is -0.364 e. The third-order valence-electron chi connectivity index (χ3n) is 5.04. The van der Waals surface area contributed by atoms with Gasteiger partial charge in [0.05, 0.1) is 23.0 Å². The van der Waals surface area contributed by atoms with E-state index in [0.717, 1.165) is 24.5 Å². The van der Waals surface area contributed by atoms with E-state index < -0.39 is 0 Å². The molecule has 0 radical (unpaired) electrons. The molecule has 3 saturated heterocycles. The number of hydrogen-bond donors (Lipinski definition) is 2. The van der Waals surface area contributed by atoms with E-state index in [2.05, 4.69) is 26.6 Å². The average Bonchev–Trinajstić information content (AvgIpc) is 3.10. The molecular formula is C16H20N4O2. The van der Waals surface area contributed by atoms with Crippen LogP contribution in [0.1, 0.15) is 36.6 Å². The van der Waals surface area contributed by atoms with Gasteiger partial charge in [0, 0.05) is 31.6 Å². The predicted molar refractivity (Wildman–Crippen MR) is 81.6 cm³/mol. The number of aromatic nitrogens is 1. The maximum atomic E-state index is 12.0. The summed E-state index contributed by atoms with van der Waals surface area (Å²) in [6, 6.07) is 5.19. The highest BCUT2D eigenvalue weighted by Gasteiger charge is 2.38. The maximum Gasteiger partial charge on any atom is 0.235 e. The van der Waals surface area contributed by atoms with Gasteiger partial charge in [-0.2, -0.15) is 0 Å². The quantitative estimate of drug-likeness (QED) is 0.776. The number of rotatable bonds is 2. The first-order valence-corrected chi connectivity index (χ1v) is 7.93. The first-order chi connectivity index (χ1) is 10.6. The Bertz CT molecular complexity index is 645. The lowest BCUT2D eigenvalue weighted by Crippen LogP contribution is -2.44. The molecule has 0 spiro atoms. The van der Waals surface area contributed by atoms with E-state index in [4.69, 9.17) is 0 Å². The van der Waals surface area contributed by atoms with Gasteiger partial charge in [-0.05, 0) is 31.9 Å². The van der Waals surface area contributed by atoms with E-state index in [1.54, 1.807) is 0 Å². The molecular weight excluding hydrogens is 280 g/mol. The molecule has 4 rings (SSSR count). The van der Waals surface area contributed by atoms with Crippen molar-refractivity contribution in [1.29, 1.82) is 0 Å². The predicted octanol–water partition coefficient (Wildman–Crippen LogP) is 0.461. The lowest BCUT2D eigenvalue weighted by molar-refractivity contribution is -0.134. The molecule has 6 nitrogen and oxygen atoms in total. The summed E-state index contributed by atoms with van der Waals surface area (Å²) in [6.07, 6.45) is 2.14. The molecule has 2 N–H and O–H groups in total. The van der Waals surface area contributed by atoms with Crippen LogP contribution in [-0.4, -0.2) is 42.0 Å².